The van der Waals surface area contributed by atoms with Crippen molar-refractivity contribution < 1.29 is 37.5 Å². The fraction of sp³-hybridized carbons (Fsp3) is 0.373. The SMILES string of the molecule is COc1cc(C)ccc1-c1c(C)sc2cnc(Nc3ccc(C4CCNCC4)c4c3OCC4)nc12.COc1cc(F)ccc1-c1c(C)sc2cnc(Nc3ccc(C4CCNCC4)c4c3OCC4)nc12.COc1ccccc1-c1c(C)sc2cnc(Nc3cc(C4CCCCC4)nn3C(C)C)nc12.COc1ccccc1-c1c(C)sc2cnc(Nc3ccc(C4CCNCC4)c4c3OC(C)(C)C4)nc12. The number of aromatic nitrogens is 10. The molecule has 3 saturated heterocycles. The van der Waals surface area contributed by atoms with Crippen LogP contribution in [0.25, 0.3) is 85.4 Å². The number of aryl methyl sites for hydroxylation is 5. The Hall–Kier alpha value is -12.5. The zero-order valence-corrected chi connectivity index (χ0v) is 84.5. The standard InChI is InChI=1S/C29H32N4O2S.C28H30N4O2S.C27H27FN4O2S.C26H31N5OS/c1-17-25(20-7-5-6-8-23(20)34-4)26-24(36-17)16-31-28(33-26)32-22-10-9-19(18-11-13-30-14-12-18)21-15-29(2,3)35-27(21)22;1-16-4-5-21(23(14-16)33-3)25-17(2)35-24-15-30-28(32-26(24)25)31-22-7-6-19(18-8-11-29-12-9-18)20-10-13-34-27(20)22;1-15-24(20-4-3-17(28)13-22(20)33-2)25-23(35-15)14-30-27(32-25)31-21-6-5-18(16-7-10-29-11-8-16)19-9-12-34-26(19)21;1-16(2)31-23(14-20(30-31)18-10-6-5-7-11-18)28-26-27-15-22-25(29-26)24(17(3)33-22)19-12-8-9-13-21(19)32-4/h5-10,16,18,30H,11-15H2,1-4H3,(H,31,32,33);4-7,14-15,18,29H,8-13H2,1-3H3,(H,30,31,32);3-6,13-14,16,29H,7-12H2,1-2H3,(H,30,31,32);8-9,12-16,18H,5-7,10-11H2,1-4H3,(H,27,28,29). The van der Waals surface area contributed by atoms with Crippen LogP contribution in [-0.4, -0.2) is 136 Å². The maximum Gasteiger partial charge on any atom is 0.228 e. The topological polar surface area (TPSA) is 270 Å². The summed E-state index contributed by atoms with van der Waals surface area (Å²) in [7, 11) is 6.69. The van der Waals surface area contributed by atoms with E-state index in [1.54, 1.807) is 79.9 Å². The van der Waals surface area contributed by atoms with Gasteiger partial charge in [-0.3, -0.25) is 0 Å². The molecule has 718 valence electrons. The van der Waals surface area contributed by atoms with Gasteiger partial charge in [0, 0.05) is 124 Å². The smallest absolute Gasteiger partial charge is 0.228 e. The molecule has 1 saturated carbocycles. The number of piperidine rings is 3. The number of fused-ring (bicyclic) bond motifs is 7. The number of halogens is 1. The number of benzene rings is 7. The molecule has 139 heavy (non-hydrogen) atoms. The van der Waals surface area contributed by atoms with E-state index in [9.17, 15) is 4.39 Å². The molecule has 7 N–H and O–H groups in total. The van der Waals surface area contributed by atoms with E-state index >= 15 is 0 Å². The number of ether oxygens (including phenoxy) is 7. The molecule has 0 radical (unpaired) electrons. The minimum absolute atomic E-state index is 0.228. The number of nitrogens with zero attached hydrogens (tertiary/aromatic N) is 10. The molecule has 0 bridgehead atoms. The highest BCUT2D eigenvalue weighted by Gasteiger charge is 2.38. The van der Waals surface area contributed by atoms with Gasteiger partial charge in [-0.25, -0.2) is 48.9 Å². The van der Waals surface area contributed by atoms with Crippen molar-refractivity contribution >= 4 is 133 Å². The minimum Gasteiger partial charge on any atom is -0.496 e. The van der Waals surface area contributed by atoms with Gasteiger partial charge in [0.25, 0.3) is 0 Å². The zero-order chi connectivity index (χ0) is 95.7. The Bertz CT molecular complexity index is 7010. The van der Waals surface area contributed by atoms with Crippen molar-refractivity contribution in [3.63, 3.8) is 0 Å². The summed E-state index contributed by atoms with van der Waals surface area (Å²) in [5, 5.41) is 29.2. The van der Waals surface area contributed by atoms with Gasteiger partial charge in [-0.2, -0.15) is 5.10 Å². The molecular weight excluding hydrogens is 1820 g/mol. The van der Waals surface area contributed by atoms with Gasteiger partial charge in [0.2, 0.25) is 23.8 Å². The van der Waals surface area contributed by atoms with Gasteiger partial charge >= 0.3 is 0 Å². The molecular formula is C110H120FN17O7S4. The van der Waals surface area contributed by atoms with Gasteiger partial charge in [-0.1, -0.05) is 86.0 Å². The lowest BCUT2D eigenvalue weighted by atomic mass is 9.84. The van der Waals surface area contributed by atoms with Crippen LogP contribution in [0.4, 0.5) is 51.1 Å². The van der Waals surface area contributed by atoms with E-state index in [2.05, 4.69) is 190 Å². The Kier molecular flexibility index (Phi) is 27.9. The lowest BCUT2D eigenvalue weighted by Gasteiger charge is -2.25. The number of hydrogen-bond donors (Lipinski definition) is 7. The van der Waals surface area contributed by atoms with E-state index in [1.165, 1.54) is 129 Å². The summed E-state index contributed by atoms with van der Waals surface area (Å²) in [5.41, 5.74) is 25.1. The summed E-state index contributed by atoms with van der Waals surface area (Å²) < 4.78 is 61.2. The van der Waals surface area contributed by atoms with E-state index < -0.39 is 0 Å². The van der Waals surface area contributed by atoms with E-state index in [0.29, 0.717) is 59.8 Å². The molecule has 24 nitrogen and oxygen atoms in total. The number of thiophene rings is 4. The second kappa shape index (κ2) is 41.1. The molecule has 9 aromatic heterocycles. The van der Waals surface area contributed by atoms with Crippen LogP contribution in [0.3, 0.4) is 0 Å². The Morgan fingerprint density at radius 2 is 0.799 bits per heavy atom. The van der Waals surface area contributed by atoms with Gasteiger partial charge < -0.3 is 70.4 Å². The molecule has 29 heteroatoms. The average molecular weight is 1940 g/mol. The Morgan fingerprint density at radius 3 is 1.22 bits per heavy atom. The lowest BCUT2D eigenvalue weighted by molar-refractivity contribution is 0.139. The molecule has 16 aromatic rings. The van der Waals surface area contributed by atoms with Crippen molar-refractivity contribution in [1.29, 1.82) is 0 Å². The predicted molar refractivity (Wildman–Crippen MR) is 563 cm³/mol. The monoisotopic (exact) mass is 1940 g/mol. The van der Waals surface area contributed by atoms with E-state index in [-0.39, 0.29) is 17.5 Å². The molecule has 1 aliphatic carbocycles. The maximum absolute atomic E-state index is 13.8. The third-order valence-corrected chi connectivity index (χ3v) is 32.0. The van der Waals surface area contributed by atoms with Crippen molar-refractivity contribution in [2.45, 2.75) is 188 Å². The van der Waals surface area contributed by atoms with Crippen LogP contribution in [0.15, 0.2) is 152 Å². The second-order valence-corrected chi connectivity index (χ2v) is 42.9. The first-order valence-electron chi connectivity index (χ1n) is 48.7. The van der Waals surface area contributed by atoms with Crippen LogP contribution in [-0.2, 0) is 19.3 Å². The third kappa shape index (κ3) is 19.6. The molecule has 7 aromatic carbocycles. The summed E-state index contributed by atoms with van der Waals surface area (Å²) in [6.45, 7) is 27.0. The molecule has 0 unspecified atom stereocenters. The Morgan fingerprint density at radius 1 is 0.417 bits per heavy atom. The number of hydrogen-bond acceptors (Lipinski definition) is 27. The molecule has 23 rings (SSSR count). The number of anilines is 8. The van der Waals surface area contributed by atoms with Gasteiger partial charge in [-0.05, 0) is 241 Å². The molecule has 6 aliphatic heterocycles. The van der Waals surface area contributed by atoms with Crippen LogP contribution in [0.2, 0.25) is 0 Å². The number of rotatable bonds is 21. The highest BCUT2D eigenvalue weighted by atomic mass is 32.1. The number of nitrogens with one attached hydrogen (secondary N) is 7. The first-order valence-corrected chi connectivity index (χ1v) is 52.0. The quantitative estimate of drug-likeness (QED) is 0.0352. The van der Waals surface area contributed by atoms with Gasteiger partial charge in [0.05, 0.1) is 130 Å². The van der Waals surface area contributed by atoms with Gasteiger partial charge in [0.1, 0.15) is 57.5 Å². The summed E-state index contributed by atoms with van der Waals surface area (Å²) in [5.74, 6) is 11.1. The second-order valence-electron chi connectivity index (χ2n) is 37.9. The van der Waals surface area contributed by atoms with E-state index in [4.69, 9.17) is 58.2 Å². The minimum atomic E-state index is -0.332. The fourth-order valence-electron chi connectivity index (χ4n) is 21.3. The van der Waals surface area contributed by atoms with Crippen molar-refractivity contribution in [3.05, 3.63) is 222 Å². The van der Waals surface area contributed by atoms with Crippen LogP contribution in [0, 0.1) is 40.4 Å². The van der Waals surface area contributed by atoms with Crippen molar-refractivity contribution in [3.8, 4) is 84.8 Å². The van der Waals surface area contributed by atoms with E-state index in [1.807, 2.05) is 68.1 Å². The predicted octanol–water partition coefficient (Wildman–Crippen LogP) is 25.9. The van der Waals surface area contributed by atoms with Crippen molar-refractivity contribution in [2.24, 2.45) is 0 Å². The molecule has 7 aliphatic rings. The highest BCUT2D eigenvalue weighted by molar-refractivity contribution is 7.20. The summed E-state index contributed by atoms with van der Waals surface area (Å²) >= 11 is 6.75. The first-order chi connectivity index (χ1) is 67.7. The Balaban J connectivity index is 0.000000114. The zero-order valence-electron chi connectivity index (χ0n) is 81.2. The van der Waals surface area contributed by atoms with Crippen LogP contribution in [0.1, 0.15) is 192 Å². The summed E-state index contributed by atoms with van der Waals surface area (Å²) in [6.07, 6.45) is 23.8. The molecule has 4 fully saturated rings. The molecule has 0 spiro atoms. The largest absolute Gasteiger partial charge is 0.496 e. The average Bonchev–Trinajstić information content (AvgIpc) is 1.63. The third-order valence-electron chi connectivity index (χ3n) is 27.9. The normalized spacial score (nSPS) is 15.9. The van der Waals surface area contributed by atoms with Crippen molar-refractivity contribution in [1.82, 2.24) is 65.6 Å². The number of methoxy groups -OCH3 is 4. The van der Waals surface area contributed by atoms with Crippen LogP contribution < -0.4 is 70.4 Å². The molecule has 0 amide bonds. The number of para-hydroxylation sites is 2. The van der Waals surface area contributed by atoms with Gasteiger partial charge in [0.15, 0.2) is 0 Å². The van der Waals surface area contributed by atoms with E-state index in [0.717, 1.165) is 226 Å². The summed E-state index contributed by atoms with van der Waals surface area (Å²) in [6, 6.07) is 42.8. The molecule has 15 heterocycles. The first kappa shape index (κ1) is 94.1. The van der Waals surface area contributed by atoms with Crippen molar-refractivity contribution in [2.75, 3.05) is 102 Å². The van der Waals surface area contributed by atoms with Crippen LogP contribution >= 0.6 is 45.3 Å². The maximum atomic E-state index is 13.8. The highest BCUT2D eigenvalue weighted by Crippen LogP contribution is 2.52. The molecule has 0 atom stereocenters. The Labute approximate surface area is 826 Å². The lowest BCUT2D eigenvalue weighted by Crippen LogP contribution is -2.27. The summed E-state index contributed by atoms with van der Waals surface area (Å²) in [4.78, 5) is 43.0. The van der Waals surface area contributed by atoms with Gasteiger partial charge in [-0.15, -0.1) is 45.3 Å². The fourth-order valence-corrected chi connectivity index (χ4v) is 25.2. The van der Waals surface area contributed by atoms with Crippen LogP contribution in [0.5, 0.6) is 40.2 Å².